The van der Waals surface area contributed by atoms with Crippen LogP contribution in [0, 0.1) is 17.8 Å². The Morgan fingerprint density at radius 3 is 3.19 bits per heavy atom. The molecular weight excluding hydrogens is 346 g/mol. The summed E-state index contributed by atoms with van der Waals surface area (Å²) < 4.78 is 6.49. The average molecular weight is 378 g/mol. The number of carbonyl (C=O) groups is 1. The maximum Gasteiger partial charge on any atom is 0.220 e. The molecular formula is C20H31N3O2S. The monoisotopic (exact) mass is 377 g/mol. The van der Waals surface area contributed by atoms with Crippen LogP contribution in [-0.2, 0) is 16.1 Å². The van der Waals surface area contributed by atoms with Gasteiger partial charge < -0.3 is 10.1 Å². The number of likely N-dealkylation sites (tertiary alicyclic amines) is 1. The number of fused-ring (bicyclic) bond motifs is 1. The number of hydrogen-bond donors (Lipinski definition) is 1. The minimum Gasteiger partial charge on any atom is -0.370 e. The highest BCUT2D eigenvalue weighted by atomic mass is 32.1. The van der Waals surface area contributed by atoms with Gasteiger partial charge in [-0.3, -0.25) is 14.7 Å². The first-order chi connectivity index (χ1) is 12.6. The number of thiazole rings is 1. The van der Waals surface area contributed by atoms with Crippen LogP contribution in [0.15, 0.2) is 11.7 Å². The minimum absolute atomic E-state index is 0.0440. The Labute approximate surface area is 160 Å². The normalized spacial score (nSPS) is 33.1. The molecule has 1 N–H and O–H groups in total. The highest BCUT2D eigenvalue weighted by Crippen LogP contribution is 2.54. The molecule has 3 aliphatic heterocycles. The van der Waals surface area contributed by atoms with Gasteiger partial charge in [0.25, 0.3) is 0 Å². The van der Waals surface area contributed by atoms with Crippen molar-refractivity contribution >= 4 is 17.2 Å². The molecule has 1 aromatic heterocycles. The summed E-state index contributed by atoms with van der Waals surface area (Å²) in [6.45, 7) is 8.30. The number of ether oxygens (including phenoxy) is 1. The first-order valence-corrected chi connectivity index (χ1v) is 11.0. The maximum absolute atomic E-state index is 12.2. The fraction of sp³-hybridized carbons (Fsp3) is 0.800. The fourth-order valence-corrected chi connectivity index (χ4v) is 5.85. The molecule has 2 bridgehead atoms. The summed E-state index contributed by atoms with van der Waals surface area (Å²) in [5, 5.41) is 3.21. The molecule has 3 saturated heterocycles. The van der Waals surface area contributed by atoms with E-state index in [1.165, 1.54) is 11.3 Å². The summed E-state index contributed by atoms with van der Waals surface area (Å²) >= 11 is 1.73. The van der Waals surface area contributed by atoms with Gasteiger partial charge in [0.2, 0.25) is 5.91 Å². The van der Waals surface area contributed by atoms with Gasteiger partial charge in [0.1, 0.15) is 0 Å². The van der Waals surface area contributed by atoms with E-state index in [0.717, 1.165) is 45.4 Å². The third-order valence-corrected chi connectivity index (χ3v) is 7.20. The Kier molecular flexibility index (Phi) is 5.35. The number of amides is 1. The molecule has 0 aliphatic carbocycles. The molecule has 5 nitrogen and oxygen atoms in total. The molecule has 6 heteroatoms. The van der Waals surface area contributed by atoms with E-state index in [2.05, 4.69) is 29.0 Å². The van der Waals surface area contributed by atoms with Gasteiger partial charge in [-0.15, -0.1) is 11.3 Å². The second kappa shape index (κ2) is 7.56. The van der Waals surface area contributed by atoms with Gasteiger partial charge >= 0.3 is 0 Å². The number of nitrogens with zero attached hydrogens (tertiary/aromatic N) is 2. The van der Waals surface area contributed by atoms with E-state index in [-0.39, 0.29) is 11.5 Å². The van der Waals surface area contributed by atoms with Crippen LogP contribution in [0.4, 0.5) is 0 Å². The van der Waals surface area contributed by atoms with E-state index < -0.39 is 0 Å². The molecule has 1 amide bonds. The Hall–Kier alpha value is -0.980. The summed E-state index contributed by atoms with van der Waals surface area (Å²) in [5.74, 6) is 1.92. The zero-order valence-electron chi connectivity index (χ0n) is 15.9. The highest BCUT2D eigenvalue weighted by Gasteiger charge is 2.62. The van der Waals surface area contributed by atoms with Crippen LogP contribution < -0.4 is 5.32 Å². The van der Waals surface area contributed by atoms with Crippen molar-refractivity contribution in [2.45, 2.75) is 64.2 Å². The standard InChI is InChI=1S/C20H31N3O2S/c1-14(2)4-3-5-19(24)22-9-16-17-11-23(10-15-8-21-13-26-15)12-20(17)7-6-18(16)25-20/h8,13-14,16-18H,3-7,9-12H2,1-2H3,(H,22,24)/t16-,17+,18+,20+/m0/s1. The first kappa shape index (κ1) is 18.4. The summed E-state index contributed by atoms with van der Waals surface area (Å²) in [7, 11) is 0. The van der Waals surface area contributed by atoms with Crippen molar-refractivity contribution in [3.05, 3.63) is 16.6 Å². The van der Waals surface area contributed by atoms with Gasteiger partial charge in [0.05, 0.1) is 17.2 Å². The van der Waals surface area contributed by atoms with Crippen LogP contribution in [0.1, 0.15) is 50.8 Å². The first-order valence-electron chi connectivity index (χ1n) is 10.1. The van der Waals surface area contributed by atoms with Crippen LogP contribution in [0.25, 0.3) is 0 Å². The predicted molar refractivity (Wildman–Crippen MR) is 103 cm³/mol. The molecule has 0 unspecified atom stereocenters. The SMILES string of the molecule is CC(C)CCCC(=O)NC[C@H]1[C@H]2CN(Cc3cncs3)C[C@]23CC[C@H]1O3. The van der Waals surface area contributed by atoms with Crippen molar-refractivity contribution in [3.8, 4) is 0 Å². The molecule has 3 fully saturated rings. The number of hydrogen-bond acceptors (Lipinski definition) is 5. The van der Waals surface area contributed by atoms with Crippen molar-refractivity contribution in [1.82, 2.24) is 15.2 Å². The number of nitrogens with one attached hydrogen (secondary N) is 1. The average Bonchev–Trinajstić information content (AvgIpc) is 3.33. The Bertz CT molecular complexity index is 621. The van der Waals surface area contributed by atoms with Gasteiger partial charge in [-0.05, 0) is 25.2 Å². The van der Waals surface area contributed by atoms with E-state index in [0.29, 0.717) is 30.3 Å². The van der Waals surface area contributed by atoms with Gasteiger partial charge in [0, 0.05) is 55.5 Å². The van der Waals surface area contributed by atoms with Crippen LogP contribution >= 0.6 is 11.3 Å². The Morgan fingerprint density at radius 1 is 1.54 bits per heavy atom. The lowest BCUT2D eigenvalue weighted by Gasteiger charge is -2.29. The van der Waals surface area contributed by atoms with E-state index in [9.17, 15) is 4.79 Å². The number of rotatable bonds is 8. The maximum atomic E-state index is 12.2. The lowest BCUT2D eigenvalue weighted by molar-refractivity contribution is -0.121. The summed E-state index contributed by atoms with van der Waals surface area (Å²) in [6.07, 6.45) is 7.43. The topological polar surface area (TPSA) is 54.5 Å². The van der Waals surface area contributed by atoms with Gasteiger partial charge in [0.15, 0.2) is 0 Å². The van der Waals surface area contributed by atoms with Gasteiger partial charge in [-0.2, -0.15) is 0 Å². The van der Waals surface area contributed by atoms with Crippen molar-refractivity contribution in [1.29, 1.82) is 0 Å². The summed E-state index contributed by atoms with van der Waals surface area (Å²) in [6, 6.07) is 0. The zero-order valence-corrected chi connectivity index (χ0v) is 16.8. The van der Waals surface area contributed by atoms with Crippen LogP contribution in [-0.4, -0.2) is 47.1 Å². The molecule has 1 spiro atoms. The van der Waals surface area contributed by atoms with Crippen molar-refractivity contribution in [2.75, 3.05) is 19.6 Å². The molecule has 4 heterocycles. The lowest BCUT2D eigenvalue weighted by atomic mass is 9.73. The third kappa shape index (κ3) is 3.69. The Morgan fingerprint density at radius 2 is 2.42 bits per heavy atom. The Balaban J connectivity index is 1.30. The van der Waals surface area contributed by atoms with Crippen molar-refractivity contribution in [2.24, 2.45) is 17.8 Å². The molecule has 144 valence electrons. The minimum atomic E-state index is 0.0440. The molecule has 3 aliphatic rings. The van der Waals surface area contributed by atoms with E-state index in [4.69, 9.17) is 4.74 Å². The quantitative estimate of drug-likeness (QED) is 0.756. The van der Waals surface area contributed by atoms with Crippen LogP contribution in [0.2, 0.25) is 0 Å². The summed E-state index contributed by atoms with van der Waals surface area (Å²) in [4.78, 5) is 20.2. The van der Waals surface area contributed by atoms with Crippen molar-refractivity contribution in [3.63, 3.8) is 0 Å². The van der Waals surface area contributed by atoms with Gasteiger partial charge in [-0.25, -0.2) is 0 Å². The molecule has 0 radical (unpaired) electrons. The lowest BCUT2D eigenvalue weighted by Crippen LogP contribution is -2.41. The van der Waals surface area contributed by atoms with E-state index in [1.807, 2.05) is 11.7 Å². The predicted octanol–water partition coefficient (Wildman–Crippen LogP) is 3.07. The zero-order chi connectivity index (χ0) is 18.1. The fourth-order valence-electron chi connectivity index (χ4n) is 5.21. The molecule has 0 aromatic carbocycles. The van der Waals surface area contributed by atoms with E-state index in [1.54, 1.807) is 11.3 Å². The number of aromatic nitrogens is 1. The molecule has 4 atom stereocenters. The van der Waals surface area contributed by atoms with Crippen molar-refractivity contribution < 1.29 is 9.53 Å². The van der Waals surface area contributed by atoms with Crippen LogP contribution in [0.3, 0.4) is 0 Å². The molecule has 26 heavy (non-hydrogen) atoms. The largest absolute Gasteiger partial charge is 0.370 e. The third-order valence-electron chi connectivity index (χ3n) is 6.44. The molecule has 1 aromatic rings. The van der Waals surface area contributed by atoms with Gasteiger partial charge in [-0.1, -0.05) is 20.3 Å². The second-order valence-corrected chi connectivity index (χ2v) is 9.73. The molecule has 0 saturated carbocycles. The summed E-state index contributed by atoms with van der Waals surface area (Å²) in [5.41, 5.74) is 1.95. The molecule has 4 rings (SSSR count). The highest BCUT2D eigenvalue weighted by molar-refractivity contribution is 7.09. The smallest absolute Gasteiger partial charge is 0.220 e. The second-order valence-electron chi connectivity index (χ2n) is 8.76. The van der Waals surface area contributed by atoms with Crippen LogP contribution in [0.5, 0.6) is 0 Å². The number of carbonyl (C=O) groups excluding carboxylic acids is 1. The van der Waals surface area contributed by atoms with E-state index >= 15 is 0 Å².